The summed E-state index contributed by atoms with van der Waals surface area (Å²) in [5.41, 5.74) is 0.577. The van der Waals surface area contributed by atoms with Gasteiger partial charge in [-0.1, -0.05) is 4.49 Å². The van der Waals surface area contributed by atoms with Crippen molar-refractivity contribution in [1.29, 1.82) is 0 Å². The van der Waals surface area contributed by atoms with Gasteiger partial charge in [-0.25, -0.2) is 4.79 Å². The smallest absolute Gasteiger partial charge is 0.357 e. The van der Waals surface area contributed by atoms with Gasteiger partial charge in [-0.15, -0.1) is 5.10 Å². The fourth-order valence-electron chi connectivity index (χ4n) is 1.22. The summed E-state index contributed by atoms with van der Waals surface area (Å²) in [5.74, 6) is 0.728. The highest BCUT2D eigenvalue weighted by atomic mass is 32.1. The lowest BCUT2D eigenvalue weighted by molar-refractivity contribution is 0.0738. The molecule has 6 heteroatoms. The monoisotopic (exact) mass is 250 g/mol. The van der Waals surface area contributed by atoms with Gasteiger partial charge in [-0.2, -0.15) is 0 Å². The zero-order chi connectivity index (χ0) is 12.3. The van der Waals surface area contributed by atoms with Crippen LogP contribution >= 0.6 is 11.5 Å². The van der Waals surface area contributed by atoms with Crippen molar-refractivity contribution < 1.29 is 14.3 Å². The Balaban J connectivity index is 2.10. The van der Waals surface area contributed by atoms with Crippen LogP contribution in [-0.2, 0) is 0 Å². The zero-order valence-electron chi connectivity index (χ0n) is 9.34. The predicted molar refractivity (Wildman–Crippen MR) is 62.6 cm³/mol. The molecule has 0 saturated heterocycles. The summed E-state index contributed by atoms with van der Waals surface area (Å²) in [7, 11) is 1.58. The van der Waals surface area contributed by atoms with Crippen LogP contribution in [0.2, 0.25) is 0 Å². The summed E-state index contributed by atoms with van der Waals surface area (Å²) in [5, 5.41) is 3.75. The molecule has 0 spiro atoms. The molecule has 0 unspecified atom stereocenters. The molecule has 0 amide bonds. The maximum absolute atomic E-state index is 11.7. The van der Waals surface area contributed by atoms with Gasteiger partial charge in [-0.05, 0) is 42.7 Å². The predicted octanol–water partition coefficient (Wildman–Crippen LogP) is 2.07. The average Bonchev–Trinajstić information content (AvgIpc) is 2.76. The first-order valence-electron chi connectivity index (χ1n) is 4.86. The summed E-state index contributed by atoms with van der Waals surface area (Å²) in [6, 6.07) is 6.78. The van der Waals surface area contributed by atoms with Crippen molar-refractivity contribution in [3.63, 3.8) is 0 Å². The Bertz CT molecular complexity index is 522. The third kappa shape index (κ3) is 2.59. The molecule has 1 aromatic carbocycles. The quantitative estimate of drug-likeness (QED) is 0.616. The van der Waals surface area contributed by atoms with Gasteiger partial charge in [0.2, 0.25) is 0 Å². The number of nitrogens with zero attached hydrogens (tertiary/aromatic N) is 2. The molecule has 0 atom stereocenters. The number of rotatable bonds is 3. The number of hydrogen-bond acceptors (Lipinski definition) is 6. The summed E-state index contributed by atoms with van der Waals surface area (Å²) in [4.78, 5) is 12.1. The van der Waals surface area contributed by atoms with Crippen molar-refractivity contribution in [3.05, 3.63) is 34.8 Å². The minimum atomic E-state index is -0.442. The van der Waals surface area contributed by atoms with E-state index >= 15 is 0 Å². The number of ether oxygens (including phenoxy) is 2. The highest BCUT2D eigenvalue weighted by Gasteiger charge is 2.15. The molecule has 0 aliphatic carbocycles. The van der Waals surface area contributed by atoms with Crippen LogP contribution in [0.3, 0.4) is 0 Å². The molecule has 1 aromatic heterocycles. The highest BCUT2D eigenvalue weighted by Crippen LogP contribution is 2.19. The van der Waals surface area contributed by atoms with Crippen molar-refractivity contribution in [3.8, 4) is 11.5 Å². The first-order chi connectivity index (χ1) is 8.20. The fourth-order valence-corrected chi connectivity index (χ4v) is 1.75. The van der Waals surface area contributed by atoms with E-state index in [4.69, 9.17) is 9.47 Å². The van der Waals surface area contributed by atoms with Gasteiger partial charge in [-0.3, -0.25) is 0 Å². The lowest BCUT2D eigenvalue weighted by Crippen LogP contribution is -2.07. The van der Waals surface area contributed by atoms with E-state index in [2.05, 4.69) is 9.59 Å². The second-order valence-corrected chi connectivity index (χ2v) is 4.01. The van der Waals surface area contributed by atoms with E-state index in [-0.39, 0.29) is 0 Å². The Kier molecular flexibility index (Phi) is 3.34. The van der Waals surface area contributed by atoms with Crippen molar-refractivity contribution in [2.75, 3.05) is 7.11 Å². The number of carbonyl (C=O) groups excluding carboxylic acids is 1. The maximum atomic E-state index is 11.7. The maximum Gasteiger partial charge on any atom is 0.357 e. The number of aryl methyl sites for hydroxylation is 1. The van der Waals surface area contributed by atoms with Gasteiger partial charge in [0.05, 0.1) is 12.8 Å². The molecular weight excluding hydrogens is 240 g/mol. The molecule has 88 valence electrons. The molecule has 17 heavy (non-hydrogen) atoms. The first kappa shape index (κ1) is 11.5. The Morgan fingerprint density at radius 2 is 1.88 bits per heavy atom. The number of benzene rings is 1. The van der Waals surface area contributed by atoms with Crippen LogP contribution in [0.1, 0.15) is 15.4 Å². The van der Waals surface area contributed by atoms with Gasteiger partial charge in [0.15, 0.2) is 4.88 Å². The van der Waals surface area contributed by atoms with Crippen LogP contribution in [0, 0.1) is 6.92 Å². The first-order valence-corrected chi connectivity index (χ1v) is 5.63. The number of esters is 1. The Hall–Kier alpha value is -1.95. The summed E-state index contributed by atoms with van der Waals surface area (Å²) >= 11 is 1.02. The van der Waals surface area contributed by atoms with E-state index < -0.39 is 5.97 Å². The minimum absolute atomic E-state index is 0.417. The summed E-state index contributed by atoms with van der Waals surface area (Å²) < 4.78 is 13.9. The van der Waals surface area contributed by atoms with Crippen LogP contribution in [-0.4, -0.2) is 22.7 Å². The molecule has 2 aromatic rings. The molecule has 0 aliphatic rings. The second-order valence-electron chi connectivity index (χ2n) is 3.25. The van der Waals surface area contributed by atoms with Gasteiger partial charge in [0, 0.05) is 0 Å². The highest BCUT2D eigenvalue weighted by molar-refractivity contribution is 7.07. The van der Waals surface area contributed by atoms with E-state index in [0.29, 0.717) is 22.1 Å². The van der Waals surface area contributed by atoms with E-state index in [1.807, 2.05) is 0 Å². The Morgan fingerprint density at radius 1 is 1.24 bits per heavy atom. The zero-order valence-corrected chi connectivity index (χ0v) is 10.2. The molecule has 5 nitrogen and oxygen atoms in total. The number of aromatic nitrogens is 2. The van der Waals surface area contributed by atoms with Gasteiger partial charge >= 0.3 is 5.97 Å². The fraction of sp³-hybridized carbons (Fsp3) is 0.182. The number of hydrogen-bond donors (Lipinski definition) is 0. The van der Waals surface area contributed by atoms with Crippen LogP contribution < -0.4 is 9.47 Å². The molecule has 1 heterocycles. The van der Waals surface area contributed by atoms with Gasteiger partial charge in [0.1, 0.15) is 11.5 Å². The van der Waals surface area contributed by atoms with E-state index in [1.54, 1.807) is 38.3 Å². The number of carbonyl (C=O) groups is 1. The summed E-state index contributed by atoms with van der Waals surface area (Å²) in [6.07, 6.45) is 0. The molecule has 0 N–H and O–H groups in total. The van der Waals surface area contributed by atoms with Gasteiger partial charge in [0.25, 0.3) is 0 Å². The molecular formula is C11H10N2O3S. The van der Waals surface area contributed by atoms with Crippen molar-refractivity contribution in [1.82, 2.24) is 9.59 Å². The molecule has 2 rings (SSSR count). The third-order valence-electron chi connectivity index (χ3n) is 2.11. The average molecular weight is 250 g/mol. The molecule has 0 saturated carbocycles. The lowest BCUT2D eigenvalue weighted by atomic mass is 10.3. The topological polar surface area (TPSA) is 61.3 Å². The normalized spacial score (nSPS) is 10.0. The molecule has 0 radical (unpaired) electrons. The minimum Gasteiger partial charge on any atom is -0.497 e. The van der Waals surface area contributed by atoms with E-state index in [0.717, 1.165) is 11.5 Å². The van der Waals surface area contributed by atoms with E-state index in [1.165, 1.54) is 0 Å². The van der Waals surface area contributed by atoms with Crippen LogP contribution in [0.5, 0.6) is 11.5 Å². The Morgan fingerprint density at radius 3 is 2.41 bits per heavy atom. The molecule has 0 bridgehead atoms. The largest absolute Gasteiger partial charge is 0.497 e. The van der Waals surface area contributed by atoms with Crippen LogP contribution in [0.4, 0.5) is 0 Å². The van der Waals surface area contributed by atoms with Crippen molar-refractivity contribution in [2.45, 2.75) is 6.92 Å². The van der Waals surface area contributed by atoms with Crippen molar-refractivity contribution in [2.24, 2.45) is 0 Å². The summed E-state index contributed by atoms with van der Waals surface area (Å²) in [6.45, 7) is 1.72. The van der Waals surface area contributed by atoms with E-state index in [9.17, 15) is 4.79 Å². The van der Waals surface area contributed by atoms with Crippen molar-refractivity contribution >= 4 is 17.5 Å². The van der Waals surface area contributed by atoms with Gasteiger partial charge < -0.3 is 9.47 Å². The SMILES string of the molecule is COc1ccc(OC(=O)c2snnc2C)cc1. The number of methoxy groups -OCH3 is 1. The van der Waals surface area contributed by atoms with Crippen LogP contribution in [0.25, 0.3) is 0 Å². The Labute approximate surface area is 102 Å². The third-order valence-corrected chi connectivity index (χ3v) is 2.91. The lowest BCUT2D eigenvalue weighted by Gasteiger charge is -2.03. The standard InChI is InChI=1S/C11H10N2O3S/c1-7-10(17-13-12-7)11(14)16-9-5-3-8(15-2)4-6-9/h3-6H,1-2H3. The molecule has 0 fully saturated rings. The second kappa shape index (κ2) is 4.92. The molecule has 0 aliphatic heterocycles. The van der Waals surface area contributed by atoms with Crippen LogP contribution in [0.15, 0.2) is 24.3 Å².